The van der Waals surface area contributed by atoms with Gasteiger partial charge in [-0.2, -0.15) is 0 Å². The van der Waals surface area contributed by atoms with Gasteiger partial charge in [-0.3, -0.25) is 28.9 Å². The lowest BCUT2D eigenvalue weighted by Gasteiger charge is -2.15. The average molecular weight is 429 g/mol. The van der Waals surface area contributed by atoms with E-state index in [1.807, 2.05) is 13.8 Å². The number of carbonyl (C=O) groups excluding carboxylic acids is 6. The van der Waals surface area contributed by atoms with Gasteiger partial charge < -0.3 is 9.57 Å². The van der Waals surface area contributed by atoms with Gasteiger partial charge in [0.2, 0.25) is 11.8 Å². The monoisotopic (exact) mass is 429 g/mol. The van der Waals surface area contributed by atoms with Crippen molar-refractivity contribution in [3.8, 4) is 0 Å². The number of likely N-dealkylation sites (tertiary alicyclic amines) is 1. The predicted octanol–water partition coefficient (Wildman–Crippen LogP) is 0.229. The van der Waals surface area contributed by atoms with Gasteiger partial charge in [0.05, 0.1) is 31.4 Å². The maximum atomic E-state index is 12.2. The smallest absolute Gasteiger partial charge is 0.335 e. The Labute approximate surface area is 173 Å². The van der Waals surface area contributed by atoms with Crippen LogP contribution in [0, 0.1) is 0 Å². The van der Waals surface area contributed by atoms with E-state index in [-0.39, 0.29) is 68.3 Å². The van der Waals surface area contributed by atoms with Crippen LogP contribution in [-0.4, -0.2) is 75.6 Å². The number of imide groups is 2. The lowest BCUT2D eigenvalue weighted by molar-refractivity contribution is -0.198. The number of nitrogens with zero attached hydrogens (tertiary/aromatic N) is 2. The molecule has 2 rings (SSSR count). The van der Waals surface area contributed by atoms with Gasteiger partial charge >= 0.3 is 5.97 Å². The number of rotatable bonds is 11. The summed E-state index contributed by atoms with van der Waals surface area (Å²) < 4.78 is 12.5. The topological polar surface area (TPSA) is 127 Å². The highest BCUT2D eigenvalue weighted by Crippen LogP contribution is 2.28. The maximum Gasteiger partial charge on any atom is 0.335 e. The van der Waals surface area contributed by atoms with Crippen LogP contribution in [-0.2, 0) is 38.3 Å². The molecule has 11 heteroatoms. The summed E-state index contributed by atoms with van der Waals surface area (Å²) in [6.07, 6.45) is -1.80. The van der Waals surface area contributed by atoms with Gasteiger partial charge in [0, 0.05) is 27.0 Å². The zero-order valence-corrected chi connectivity index (χ0v) is 17.1. The van der Waals surface area contributed by atoms with E-state index in [1.54, 1.807) is 0 Å². The molecule has 0 aromatic heterocycles. The summed E-state index contributed by atoms with van der Waals surface area (Å²) in [5, 5.41) is 0.0307. The van der Waals surface area contributed by atoms with Crippen LogP contribution in [0.25, 0.3) is 0 Å². The van der Waals surface area contributed by atoms with Crippen molar-refractivity contribution < 1.29 is 39.7 Å². The summed E-state index contributed by atoms with van der Waals surface area (Å²) in [6.45, 7) is 3.42. The molecule has 0 bridgehead atoms. The Morgan fingerprint density at radius 3 is 2.45 bits per heavy atom. The second kappa shape index (κ2) is 10.5. The van der Waals surface area contributed by atoms with Gasteiger partial charge in [-0.25, -0.2) is 4.79 Å². The number of hydrogen-bond donors (Lipinski definition) is 0. The number of Topliss-reactive ketones (excluding diaryl/α,β-unsaturated/α-hetero) is 1. The Morgan fingerprint density at radius 1 is 1.14 bits per heavy atom. The second-order valence-electron chi connectivity index (χ2n) is 6.74. The first-order valence-corrected chi connectivity index (χ1v) is 10.1. The molecule has 160 valence electrons. The molecule has 0 aliphatic carbocycles. The molecule has 0 radical (unpaired) electrons. The molecular formula is C18H24N2O8S. The summed E-state index contributed by atoms with van der Waals surface area (Å²) in [5.74, 6) is -3.57. The fraction of sp³-hybridized carbons (Fsp3) is 0.667. The molecule has 0 saturated carbocycles. The van der Waals surface area contributed by atoms with Crippen LogP contribution in [0.5, 0.6) is 0 Å². The zero-order valence-electron chi connectivity index (χ0n) is 17.3. The van der Waals surface area contributed by atoms with Gasteiger partial charge in [-0.05, 0) is 5.25 Å². The van der Waals surface area contributed by atoms with Crippen LogP contribution in [0.15, 0.2) is 0 Å². The van der Waals surface area contributed by atoms with Crippen molar-refractivity contribution in [2.75, 3.05) is 19.8 Å². The van der Waals surface area contributed by atoms with Gasteiger partial charge in [0.1, 0.15) is 0 Å². The number of thioether (sulfide) groups is 1. The lowest BCUT2D eigenvalue weighted by atomic mass is 10.3. The summed E-state index contributed by atoms with van der Waals surface area (Å²) in [5.41, 5.74) is 0. The van der Waals surface area contributed by atoms with Crippen LogP contribution in [0.3, 0.4) is 0 Å². The molecule has 2 atom stereocenters. The average Bonchev–Trinajstić information content (AvgIpc) is 3.04. The van der Waals surface area contributed by atoms with Crippen molar-refractivity contribution in [3.63, 3.8) is 0 Å². The fourth-order valence-electron chi connectivity index (χ4n) is 2.66. The number of ketones is 1. The predicted molar refractivity (Wildman–Crippen MR) is 100 cm³/mol. The molecule has 2 fully saturated rings. The zero-order chi connectivity index (χ0) is 22.4. The third kappa shape index (κ3) is 6.64. The van der Waals surface area contributed by atoms with Crippen molar-refractivity contribution in [1.82, 2.24) is 9.96 Å². The minimum absolute atomic E-state index is 0.0249. The van der Waals surface area contributed by atoms with E-state index >= 15 is 0 Å². The molecule has 2 saturated heterocycles. The molecule has 2 unspecified atom stereocenters. The molecule has 0 aromatic rings. The lowest BCUT2D eigenvalue weighted by Crippen LogP contribution is -2.36. The summed E-state index contributed by atoms with van der Waals surface area (Å²) in [6, 6.07) is 0. The normalized spacial score (nSPS) is 22.7. The minimum Gasteiger partial charge on any atom is -0.380 e. The standard InChI is InChI=1S/C18H24N2O8S/c1-11(2)29-13-9-16(24)19(18(13)26)10-12(21)5-7-27-8-6-17(25)28-20-14(22)3-4-15(20)23/h11,13H,3-10H2,1-2H3/i3D. The first kappa shape index (κ1) is 21.4. The fourth-order valence-corrected chi connectivity index (χ4v) is 3.80. The quantitative estimate of drug-likeness (QED) is 0.335. The second-order valence-corrected chi connectivity index (χ2v) is 8.53. The van der Waals surface area contributed by atoms with E-state index < -0.39 is 29.4 Å². The van der Waals surface area contributed by atoms with Crippen molar-refractivity contribution >= 4 is 47.1 Å². The van der Waals surface area contributed by atoms with Crippen molar-refractivity contribution in [3.05, 3.63) is 0 Å². The molecule has 10 nitrogen and oxygen atoms in total. The Kier molecular flexibility index (Phi) is 7.76. The Balaban J connectivity index is 1.63. The van der Waals surface area contributed by atoms with E-state index in [2.05, 4.69) is 4.84 Å². The van der Waals surface area contributed by atoms with E-state index in [0.29, 0.717) is 5.06 Å². The van der Waals surface area contributed by atoms with Gasteiger partial charge in [0.25, 0.3) is 11.8 Å². The van der Waals surface area contributed by atoms with Crippen LogP contribution in [0.1, 0.15) is 47.3 Å². The molecule has 4 amide bonds. The van der Waals surface area contributed by atoms with E-state index in [0.717, 1.165) is 4.90 Å². The first-order valence-electron chi connectivity index (χ1n) is 9.76. The number of carbonyl (C=O) groups is 6. The number of hydrogen-bond acceptors (Lipinski definition) is 9. The molecule has 0 aromatic carbocycles. The first-order chi connectivity index (χ1) is 14.1. The number of ether oxygens (including phenoxy) is 1. The molecule has 2 aliphatic rings. The van der Waals surface area contributed by atoms with Crippen molar-refractivity contribution in [1.29, 1.82) is 0 Å². The van der Waals surface area contributed by atoms with E-state index in [9.17, 15) is 28.8 Å². The highest BCUT2D eigenvalue weighted by atomic mass is 32.2. The maximum absolute atomic E-state index is 12.2. The van der Waals surface area contributed by atoms with Gasteiger partial charge in [0.15, 0.2) is 5.78 Å². The molecule has 0 N–H and O–H groups in total. The summed E-state index contributed by atoms with van der Waals surface area (Å²) >= 11 is 1.40. The van der Waals surface area contributed by atoms with E-state index in [4.69, 9.17) is 6.11 Å². The van der Waals surface area contributed by atoms with Crippen LogP contribution < -0.4 is 0 Å². The summed E-state index contributed by atoms with van der Waals surface area (Å²) in [7, 11) is 0. The highest BCUT2D eigenvalue weighted by Gasteiger charge is 2.39. The number of hydroxylamine groups is 2. The van der Waals surface area contributed by atoms with Gasteiger partial charge in [-0.15, -0.1) is 16.8 Å². The SMILES string of the molecule is [2H]C1CC(=O)N(OC(=O)CCOCCC(=O)CN2C(=O)CC(SC(C)C)C2=O)C1=O. The summed E-state index contributed by atoms with van der Waals surface area (Å²) in [4.78, 5) is 76.4. The third-order valence-corrected chi connectivity index (χ3v) is 5.26. The highest BCUT2D eigenvalue weighted by molar-refractivity contribution is 8.01. The molecule has 2 aliphatic heterocycles. The van der Waals surface area contributed by atoms with Crippen LogP contribution >= 0.6 is 11.8 Å². The van der Waals surface area contributed by atoms with Crippen molar-refractivity contribution in [2.45, 2.75) is 56.4 Å². The van der Waals surface area contributed by atoms with Gasteiger partial charge in [-0.1, -0.05) is 13.8 Å². The Hall–Kier alpha value is -2.27. The molecule has 29 heavy (non-hydrogen) atoms. The third-order valence-electron chi connectivity index (χ3n) is 4.02. The Bertz CT molecular complexity index is 744. The number of amides is 4. The van der Waals surface area contributed by atoms with Crippen LogP contribution in [0.2, 0.25) is 0 Å². The molecule has 2 heterocycles. The molecule has 0 spiro atoms. The molecular weight excluding hydrogens is 404 g/mol. The Morgan fingerprint density at radius 2 is 1.83 bits per heavy atom. The van der Waals surface area contributed by atoms with E-state index in [1.165, 1.54) is 11.8 Å². The largest absolute Gasteiger partial charge is 0.380 e. The van der Waals surface area contributed by atoms with Crippen molar-refractivity contribution in [2.24, 2.45) is 0 Å². The van der Waals surface area contributed by atoms with Crippen LogP contribution in [0.4, 0.5) is 0 Å². The minimum atomic E-state index is -1.26.